The number of benzene rings is 1. The number of rotatable bonds is 7. The molecule has 1 aliphatic heterocycles. The molecule has 1 saturated heterocycles. The standard InChI is InChI=1S/C22H23ClN2O4/c1-14(2)29-12-4-11-25-19(16-5-3-10-24-13-16)18(21(27)22(25)28)20(26)15-6-8-17(23)9-7-15/h3,5-10,13-14,19,26H,4,11-12H2,1-2H3/t19-/m0/s1. The van der Waals surface area contributed by atoms with Gasteiger partial charge in [0.1, 0.15) is 5.76 Å². The van der Waals surface area contributed by atoms with Crippen molar-refractivity contribution in [1.82, 2.24) is 9.88 Å². The van der Waals surface area contributed by atoms with Crippen molar-refractivity contribution in [2.75, 3.05) is 13.2 Å². The first-order valence-electron chi connectivity index (χ1n) is 9.46. The maximum Gasteiger partial charge on any atom is 0.295 e. The zero-order valence-corrected chi connectivity index (χ0v) is 17.1. The van der Waals surface area contributed by atoms with Crippen LogP contribution in [0.3, 0.4) is 0 Å². The third-order valence-electron chi connectivity index (χ3n) is 4.65. The van der Waals surface area contributed by atoms with Gasteiger partial charge in [0.05, 0.1) is 17.7 Å². The van der Waals surface area contributed by atoms with Crippen molar-refractivity contribution >= 4 is 29.1 Å². The molecule has 0 saturated carbocycles. The zero-order valence-electron chi connectivity index (χ0n) is 16.3. The minimum Gasteiger partial charge on any atom is -0.507 e. The Kier molecular flexibility index (Phi) is 6.67. The van der Waals surface area contributed by atoms with E-state index in [1.54, 1.807) is 48.8 Å². The highest BCUT2D eigenvalue weighted by molar-refractivity contribution is 6.46. The van der Waals surface area contributed by atoms with Crippen LogP contribution < -0.4 is 0 Å². The molecule has 1 amide bonds. The van der Waals surface area contributed by atoms with E-state index in [1.807, 2.05) is 13.8 Å². The molecule has 1 aromatic heterocycles. The predicted molar refractivity (Wildman–Crippen MR) is 110 cm³/mol. The molecule has 29 heavy (non-hydrogen) atoms. The highest BCUT2D eigenvalue weighted by Gasteiger charge is 2.45. The maximum atomic E-state index is 12.8. The van der Waals surface area contributed by atoms with Crippen LogP contribution in [-0.4, -0.2) is 45.9 Å². The fourth-order valence-electron chi connectivity index (χ4n) is 3.31. The minimum absolute atomic E-state index is 0.0510. The summed E-state index contributed by atoms with van der Waals surface area (Å²) < 4.78 is 5.55. The third kappa shape index (κ3) is 4.66. The van der Waals surface area contributed by atoms with E-state index >= 15 is 0 Å². The Balaban J connectivity index is 1.99. The second-order valence-electron chi connectivity index (χ2n) is 7.06. The average molecular weight is 415 g/mol. The first kappa shape index (κ1) is 21.0. The minimum atomic E-state index is -0.712. The molecule has 2 aromatic rings. The number of pyridine rings is 1. The van der Waals surface area contributed by atoms with Gasteiger partial charge in [-0.15, -0.1) is 0 Å². The van der Waals surface area contributed by atoms with Crippen LogP contribution >= 0.6 is 11.6 Å². The van der Waals surface area contributed by atoms with Crippen LogP contribution in [0.2, 0.25) is 5.02 Å². The van der Waals surface area contributed by atoms with E-state index in [4.69, 9.17) is 16.3 Å². The number of likely N-dealkylation sites (tertiary alicyclic amines) is 1. The van der Waals surface area contributed by atoms with Gasteiger partial charge in [-0.25, -0.2) is 0 Å². The largest absolute Gasteiger partial charge is 0.507 e. The number of aromatic nitrogens is 1. The fourth-order valence-corrected chi connectivity index (χ4v) is 3.44. The monoisotopic (exact) mass is 414 g/mol. The van der Waals surface area contributed by atoms with Crippen LogP contribution in [0.15, 0.2) is 54.4 Å². The number of ketones is 1. The number of hydrogen-bond donors (Lipinski definition) is 1. The van der Waals surface area contributed by atoms with E-state index in [1.165, 1.54) is 4.90 Å². The normalized spacial score (nSPS) is 18.6. The summed E-state index contributed by atoms with van der Waals surface area (Å²) in [5.41, 5.74) is 1.13. The number of amides is 1. The molecule has 6 nitrogen and oxygen atoms in total. The lowest BCUT2D eigenvalue weighted by atomic mass is 9.96. The molecular weight excluding hydrogens is 392 g/mol. The molecule has 152 valence electrons. The molecule has 0 unspecified atom stereocenters. The second-order valence-corrected chi connectivity index (χ2v) is 7.50. The van der Waals surface area contributed by atoms with E-state index in [0.29, 0.717) is 35.7 Å². The van der Waals surface area contributed by atoms with Crippen molar-refractivity contribution in [2.45, 2.75) is 32.4 Å². The zero-order chi connectivity index (χ0) is 21.0. The van der Waals surface area contributed by atoms with Gasteiger partial charge in [0.25, 0.3) is 11.7 Å². The van der Waals surface area contributed by atoms with Crippen LogP contribution in [-0.2, 0) is 14.3 Å². The summed E-state index contributed by atoms with van der Waals surface area (Å²) >= 11 is 5.92. The van der Waals surface area contributed by atoms with Crippen LogP contribution in [0.5, 0.6) is 0 Å². The van der Waals surface area contributed by atoms with Crippen molar-refractivity contribution in [3.05, 3.63) is 70.5 Å². The molecule has 1 atom stereocenters. The van der Waals surface area contributed by atoms with Crippen LogP contribution in [0.4, 0.5) is 0 Å². The number of ether oxygens (including phenoxy) is 1. The molecule has 1 N–H and O–H groups in total. The molecule has 7 heteroatoms. The number of nitrogens with zero attached hydrogens (tertiary/aromatic N) is 2. The van der Waals surface area contributed by atoms with Crippen LogP contribution in [0.1, 0.15) is 37.4 Å². The molecule has 0 radical (unpaired) electrons. The molecule has 0 bridgehead atoms. The highest BCUT2D eigenvalue weighted by Crippen LogP contribution is 2.39. The number of aliphatic hydroxyl groups is 1. The molecular formula is C22H23ClN2O4. The lowest BCUT2D eigenvalue weighted by Gasteiger charge is -2.25. The highest BCUT2D eigenvalue weighted by atomic mass is 35.5. The number of hydrogen-bond acceptors (Lipinski definition) is 5. The van der Waals surface area contributed by atoms with E-state index in [2.05, 4.69) is 4.98 Å². The maximum absolute atomic E-state index is 12.8. The number of halogens is 1. The van der Waals surface area contributed by atoms with Crippen molar-refractivity contribution in [3.8, 4) is 0 Å². The number of carbonyl (C=O) groups is 2. The van der Waals surface area contributed by atoms with Gasteiger partial charge in [-0.05, 0) is 56.2 Å². The summed E-state index contributed by atoms with van der Waals surface area (Å²) in [4.78, 5) is 31.2. The van der Waals surface area contributed by atoms with E-state index in [-0.39, 0.29) is 17.4 Å². The molecule has 0 aliphatic carbocycles. The van der Waals surface area contributed by atoms with Crippen molar-refractivity contribution < 1.29 is 19.4 Å². The SMILES string of the molecule is CC(C)OCCCN1C(=O)C(=O)C(=C(O)c2ccc(Cl)cc2)[C@@H]1c1cccnc1. The Morgan fingerprint density at radius 3 is 2.59 bits per heavy atom. The molecule has 1 aliphatic rings. The molecule has 2 heterocycles. The van der Waals surface area contributed by atoms with E-state index in [0.717, 1.165) is 0 Å². The molecule has 3 rings (SSSR count). The summed E-state index contributed by atoms with van der Waals surface area (Å²) in [7, 11) is 0. The van der Waals surface area contributed by atoms with Gasteiger partial charge in [-0.2, -0.15) is 0 Å². The predicted octanol–water partition coefficient (Wildman–Crippen LogP) is 3.97. The van der Waals surface area contributed by atoms with Crippen molar-refractivity contribution in [1.29, 1.82) is 0 Å². The molecule has 0 spiro atoms. The Morgan fingerprint density at radius 2 is 1.97 bits per heavy atom. The van der Waals surface area contributed by atoms with E-state index in [9.17, 15) is 14.7 Å². The molecule has 1 aromatic carbocycles. The third-order valence-corrected chi connectivity index (χ3v) is 4.90. The van der Waals surface area contributed by atoms with Gasteiger partial charge < -0.3 is 14.7 Å². The van der Waals surface area contributed by atoms with Gasteiger partial charge in [0.2, 0.25) is 0 Å². The van der Waals surface area contributed by atoms with Crippen molar-refractivity contribution in [3.63, 3.8) is 0 Å². The first-order chi connectivity index (χ1) is 13.9. The van der Waals surface area contributed by atoms with Gasteiger partial charge in [-0.1, -0.05) is 17.7 Å². The average Bonchev–Trinajstić information content (AvgIpc) is 2.96. The Bertz CT molecular complexity index is 910. The van der Waals surface area contributed by atoms with Crippen LogP contribution in [0.25, 0.3) is 5.76 Å². The second kappa shape index (κ2) is 9.20. The Hall–Kier alpha value is -2.70. The Labute approximate surface area is 174 Å². The molecule has 1 fully saturated rings. The summed E-state index contributed by atoms with van der Waals surface area (Å²) in [6, 6.07) is 9.28. The lowest BCUT2D eigenvalue weighted by molar-refractivity contribution is -0.140. The number of Topliss-reactive ketones (excluding diaryl/α,β-unsaturated/α-hetero) is 1. The first-order valence-corrected chi connectivity index (χ1v) is 9.84. The summed E-state index contributed by atoms with van der Waals surface area (Å²) in [6.07, 6.45) is 3.88. The topological polar surface area (TPSA) is 79.7 Å². The smallest absolute Gasteiger partial charge is 0.295 e. The van der Waals surface area contributed by atoms with Gasteiger partial charge in [-0.3, -0.25) is 14.6 Å². The number of aliphatic hydroxyl groups excluding tert-OH is 1. The lowest BCUT2D eigenvalue weighted by Crippen LogP contribution is -2.31. The Morgan fingerprint density at radius 1 is 1.24 bits per heavy atom. The fraction of sp³-hybridized carbons (Fsp3) is 0.318. The number of carbonyl (C=O) groups excluding carboxylic acids is 2. The van der Waals surface area contributed by atoms with Gasteiger partial charge in [0, 0.05) is 36.1 Å². The summed E-state index contributed by atoms with van der Waals surface area (Å²) in [6.45, 7) is 4.67. The summed E-state index contributed by atoms with van der Waals surface area (Å²) in [5.74, 6) is -1.58. The quantitative estimate of drug-likeness (QED) is 0.321. The van der Waals surface area contributed by atoms with Gasteiger partial charge in [0.15, 0.2) is 0 Å². The van der Waals surface area contributed by atoms with Crippen molar-refractivity contribution in [2.24, 2.45) is 0 Å². The van der Waals surface area contributed by atoms with Gasteiger partial charge >= 0.3 is 0 Å². The summed E-state index contributed by atoms with van der Waals surface area (Å²) in [5, 5.41) is 11.4. The van der Waals surface area contributed by atoms with E-state index < -0.39 is 17.7 Å². The van der Waals surface area contributed by atoms with Crippen LogP contribution in [0, 0.1) is 0 Å².